The Hall–Kier alpha value is -3.06. The fourth-order valence-electron chi connectivity index (χ4n) is 2.51. The summed E-state index contributed by atoms with van der Waals surface area (Å²) in [5.41, 5.74) is 2.46. The number of aromatic nitrogens is 4. The van der Waals surface area contributed by atoms with Crippen molar-refractivity contribution in [3.8, 4) is 11.5 Å². The molecule has 7 heteroatoms. The number of benzene rings is 1. The third-order valence-electron chi connectivity index (χ3n) is 3.53. The number of fused-ring (bicyclic) bond motifs is 1. The van der Waals surface area contributed by atoms with Crippen molar-refractivity contribution in [2.75, 3.05) is 5.32 Å². The van der Waals surface area contributed by atoms with Crippen molar-refractivity contribution in [2.45, 2.75) is 6.54 Å². The van der Waals surface area contributed by atoms with Crippen LogP contribution in [0.1, 0.15) is 0 Å². The van der Waals surface area contributed by atoms with Gasteiger partial charge in [-0.25, -0.2) is 9.97 Å². The predicted molar refractivity (Wildman–Crippen MR) is 93.7 cm³/mol. The SMILES string of the molecule is O=C(Cn1c(-c2ccccn2)nc2ccccc21)Nc1nccs1. The zero-order valence-corrected chi connectivity index (χ0v) is 13.4. The number of hydrogen-bond donors (Lipinski definition) is 1. The largest absolute Gasteiger partial charge is 0.313 e. The molecule has 0 atom stereocenters. The number of pyridine rings is 1. The number of para-hydroxylation sites is 2. The third-order valence-corrected chi connectivity index (χ3v) is 4.22. The van der Waals surface area contributed by atoms with E-state index in [1.807, 2.05) is 52.4 Å². The van der Waals surface area contributed by atoms with E-state index >= 15 is 0 Å². The van der Waals surface area contributed by atoms with E-state index in [9.17, 15) is 4.79 Å². The summed E-state index contributed by atoms with van der Waals surface area (Å²) in [6.45, 7) is 0.145. The number of amides is 1. The molecular weight excluding hydrogens is 322 g/mol. The average Bonchev–Trinajstić information content (AvgIpc) is 3.24. The quantitative estimate of drug-likeness (QED) is 0.621. The van der Waals surface area contributed by atoms with Crippen molar-refractivity contribution in [3.05, 3.63) is 60.2 Å². The molecule has 118 valence electrons. The number of imidazole rings is 1. The lowest BCUT2D eigenvalue weighted by atomic mass is 10.3. The van der Waals surface area contributed by atoms with Gasteiger partial charge in [0.25, 0.3) is 0 Å². The highest BCUT2D eigenvalue weighted by Gasteiger charge is 2.16. The van der Waals surface area contributed by atoms with Gasteiger partial charge in [-0.05, 0) is 24.3 Å². The molecule has 1 aromatic carbocycles. The van der Waals surface area contributed by atoms with Gasteiger partial charge in [0.2, 0.25) is 5.91 Å². The normalized spacial score (nSPS) is 10.8. The van der Waals surface area contributed by atoms with Crippen LogP contribution in [0.25, 0.3) is 22.6 Å². The van der Waals surface area contributed by atoms with Crippen molar-refractivity contribution < 1.29 is 4.79 Å². The summed E-state index contributed by atoms with van der Waals surface area (Å²) in [6.07, 6.45) is 3.38. The van der Waals surface area contributed by atoms with Crippen LogP contribution in [0.4, 0.5) is 5.13 Å². The summed E-state index contributed by atoms with van der Waals surface area (Å²) in [4.78, 5) is 25.5. The highest BCUT2D eigenvalue weighted by Crippen LogP contribution is 2.23. The number of hydrogen-bond acceptors (Lipinski definition) is 5. The van der Waals surface area contributed by atoms with Crippen LogP contribution in [-0.4, -0.2) is 25.4 Å². The summed E-state index contributed by atoms with van der Waals surface area (Å²) in [5, 5.41) is 5.21. The van der Waals surface area contributed by atoms with Gasteiger partial charge in [0.05, 0.1) is 11.0 Å². The Morgan fingerprint density at radius 3 is 2.75 bits per heavy atom. The maximum atomic E-state index is 12.4. The van der Waals surface area contributed by atoms with Gasteiger partial charge in [-0.3, -0.25) is 9.78 Å². The third kappa shape index (κ3) is 2.77. The van der Waals surface area contributed by atoms with Gasteiger partial charge < -0.3 is 9.88 Å². The number of nitrogens with zero attached hydrogens (tertiary/aromatic N) is 4. The Bertz CT molecular complexity index is 979. The predicted octanol–water partition coefficient (Wildman–Crippen LogP) is 3.19. The van der Waals surface area contributed by atoms with Crippen LogP contribution >= 0.6 is 11.3 Å². The smallest absolute Gasteiger partial charge is 0.246 e. The molecule has 0 fully saturated rings. The van der Waals surface area contributed by atoms with Crippen molar-refractivity contribution in [3.63, 3.8) is 0 Å². The molecule has 0 aliphatic rings. The molecule has 0 aliphatic carbocycles. The molecule has 1 N–H and O–H groups in total. The van der Waals surface area contributed by atoms with Crippen LogP contribution in [0.5, 0.6) is 0 Å². The molecule has 0 bridgehead atoms. The first-order valence-electron chi connectivity index (χ1n) is 7.37. The highest BCUT2D eigenvalue weighted by molar-refractivity contribution is 7.13. The molecule has 0 saturated carbocycles. The fraction of sp³-hybridized carbons (Fsp3) is 0.0588. The molecule has 4 aromatic rings. The topological polar surface area (TPSA) is 72.7 Å². The van der Waals surface area contributed by atoms with Crippen LogP contribution in [0.2, 0.25) is 0 Å². The summed E-state index contributed by atoms with van der Waals surface area (Å²) < 4.78 is 1.88. The van der Waals surface area contributed by atoms with E-state index in [-0.39, 0.29) is 12.5 Å². The minimum atomic E-state index is -0.148. The molecule has 1 amide bonds. The van der Waals surface area contributed by atoms with E-state index in [2.05, 4.69) is 20.3 Å². The van der Waals surface area contributed by atoms with Gasteiger partial charge in [-0.15, -0.1) is 11.3 Å². The number of anilines is 1. The van der Waals surface area contributed by atoms with Gasteiger partial charge >= 0.3 is 0 Å². The number of carbonyl (C=O) groups is 1. The zero-order valence-electron chi connectivity index (χ0n) is 12.6. The van der Waals surface area contributed by atoms with E-state index in [0.29, 0.717) is 11.0 Å². The van der Waals surface area contributed by atoms with Crippen LogP contribution < -0.4 is 5.32 Å². The summed E-state index contributed by atoms with van der Waals surface area (Å²) in [6, 6.07) is 13.4. The molecule has 0 unspecified atom stereocenters. The minimum absolute atomic E-state index is 0.145. The molecule has 3 heterocycles. The Morgan fingerprint density at radius 2 is 1.96 bits per heavy atom. The molecule has 0 spiro atoms. The first kappa shape index (κ1) is 14.5. The second-order valence-electron chi connectivity index (χ2n) is 5.11. The minimum Gasteiger partial charge on any atom is -0.313 e. The Balaban J connectivity index is 1.74. The van der Waals surface area contributed by atoms with Gasteiger partial charge in [-0.2, -0.15) is 0 Å². The lowest BCUT2D eigenvalue weighted by Gasteiger charge is -2.08. The number of thiazole rings is 1. The summed E-state index contributed by atoms with van der Waals surface area (Å²) in [5.74, 6) is 0.524. The lowest BCUT2D eigenvalue weighted by molar-refractivity contribution is -0.116. The number of rotatable bonds is 4. The van der Waals surface area contributed by atoms with Crippen LogP contribution in [0.3, 0.4) is 0 Å². The Labute approximate surface area is 141 Å². The zero-order chi connectivity index (χ0) is 16.4. The van der Waals surface area contributed by atoms with Crippen LogP contribution in [0, 0.1) is 0 Å². The van der Waals surface area contributed by atoms with E-state index in [0.717, 1.165) is 16.7 Å². The molecule has 24 heavy (non-hydrogen) atoms. The van der Waals surface area contributed by atoms with Crippen molar-refractivity contribution >= 4 is 33.4 Å². The highest BCUT2D eigenvalue weighted by atomic mass is 32.1. The van der Waals surface area contributed by atoms with Crippen molar-refractivity contribution in [1.29, 1.82) is 0 Å². The molecule has 0 radical (unpaired) electrons. The summed E-state index contributed by atoms with van der Waals surface area (Å²) >= 11 is 1.39. The average molecular weight is 335 g/mol. The first-order valence-corrected chi connectivity index (χ1v) is 8.25. The maximum Gasteiger partial charge on any atom is 0.246 e. The van der Waals surface area contributed by atoms with E-state index in [1.54, 1.807) is 12.4 Å². The van der Waals surface area contributed by atoms with Gasteiger partial charge in [0, 0.05) is 17.8 Å². The Morgan fingerprint density at radius 1 is 1.08 bits per heavy atom. The van der Waals surface area contributed by atoms with Crippen LogP contribution in [-0.2, 0) is 11.3 Å². The lowest BCUT2D eigenvalue weighted by Crippen LogP contribution is -2.19. The molecular formula is C17H13N5OS. The molecule has 0 aliphatic heterocycles. The number of carbonyl (C=O) groups excluding carboxylic acids is 1. The van der Waals surface area contributed by atoms with Gasteiger partial charge in [0.15, 0.2) is 11.0 Å². The molecule has 0 saturated heterocycles. The van der Waals surface area contributed by atoms with Gasteiger partial charge in [-0.1, -0.05) is 18.2 Å². The monoisotopic (exact) mass is 335 g/mol. The Kier molecular flexibility index (Phi) is 3.76. The second-order valence-corrected chi connectivity index (χ2v) is 6.01. The van der Waals surface area contributed by atoms with Crippen molar-refractivity contribution in [1.82, 2.24) is 19.5 Å². The molecule has 4 rings (SSSR count). The maximum absolute atomic E-state index is 12.4. The van der Waals surface area contributed by atoms with Crippen LogP contribution in [0.15, 0.2) is 60.2 Å². The first-order chi connectivity index (χ1) is 11.8. The number of nitrogens with one attached hydrogen (secondary N) is 1. The van der Waals surface area contributed by atoms with E-state index < -0.39 is 0 Å². The summed E-state index contributed by atoms with van der Waals surface area (Å²) in [7, 11) is 0. The van der Waals surface area contributed by atoms with E-state index in [4.69, 9.17) is 0 Å². The second kappa shape index (κ2) is 6.21. The fourth-order valence-corrected chi connectivity index (χ4v) is 3.06. The van der Waals surface area contributed by atoms with Gasteiger partial charge in [0.1, 0.15) is 12.2 Å². The molecule has 6 nitrogen and oxygen atoms in total. The standard InChI is InChI=1S/C17H13N5OS/c23-15(21-17-19-9-10-24-17)11-22-14-7-2-1-5-12(14)20-16(22)13-6-3-4-8-18-13/h1-10H,11H2,(H,19,21,23). The molecule has 3 aromatic heterocycles. The van der Waals surface area contributed by atoms with E-state index in [1.165, 1.54) is 11.3 Å². The van der Waals surface area contributed by atoms with Crippen molar-refractivity contribution in [2.24, 2.45) is 0 Å².